The van der Waals surface area contributed by atoms with Gasteiger partial charge in [-0.15, -0.1) is 0 Å². The summed E-state index contributed by atoms with van der Waals surface area (Å²) in [6.45, 7) is 4.91. The molecule has 0 heterocycles. The minimum atomic E-state index is 0.638. The highest BCUT2D eigenvalue weighted by Gasteiger charge is 2.09. The van der Waals surface area contributed by atoms with E-state index in [-0.39, 0.29) is 0 Å². The van der Waals surface area contributed by atoms with E-state index < -0.39 is 0 Å². The van der Waals surface area contributed by atoms with E-state index in [0.29, 0.717) is 6.54 Å². The molecule has 0 radical (unpaired) electrons. The van der Waals surface area contributed by atoms with E-state index >= 15 is 0 Å². The summed E-state index contributed by atoms with van der Waals surface area (Å²) in [4.78, 5) is 2.67. The molecule has 0 saturated carbocycles. The van der Waals surface area contributed by atoms with E-state index in [1.807, 2.05) is 0 Å². The molecule has 0 aliphatic rings. The SMILES string of the molecule is Cc1ccccc1C(=CCNCl)c1ccccc1C. The monoisotopic (exact) mass is 271 g/mol. The molecule has 2 rings (SSSR count). The molecule has 0 fully saturated rings. The van der Waals surface area contributed by atoms with Gasteiger partial charge in [-0.3, -0.25) is 0 Å². The maximum atomic E-state index is 5.61. The molecule has 1 N–H and O–H groups in total. The predicted octanol–water partition coefficient (Wildman–Crippen LogP) is 4.48. The second-order valence-electron chi connectivity index (χ2n) is 4.59. The lowest BCUT2D eigenvalue weighted by molar-refractivity contribution is 1.11. The Morgan fingerprint density at radius 1 is 0.947 bits per heavy atom. The molecule has 0 bridgehead atoms. The highest BCUT2D eigenvalue weighted by atomic mass is 35.5. The summed E-state index contributed by atoms with van der Waals surface area (Å²) in [5.74, 6) is 0. The largest absolute Gasteiger partial charge is 0.230 e. The van der Waals surface area contributed by atoms with Crippen molar-refractivity contribution in [3.05, 3.63) is 76.9 Å². The van der Waals surface area contributed by atoms with E-state index in [9.17, 15) is 0 Å². The number of rotatable bonds is 4. The summed E-state index contributed by atoms with van der Waals surface area (Å²) >= 11 is 5.61. The molecule has 2 aromatic carbocycles. The Bertz CT molecular complexity index is 540. The van der Waals surface area contributed by atoms with E-state index in [1.54, 1.807) is 0 Å². The van der Waals surface area contributed by atoms with Crippen molar-refractivity contribution in [3.8, 4) is 0 Å². The molecule has 0 amide bonds. The third kappa shape index (κ3) is 3.25. The van der Waals surface area contributed by atoms with Gasteiger partial charge in [0.25, 0.3) is 0 Å². The van der Waals surface area contributed by atoms with E-state index in [1.165, 1.54) is 27.8 Å². The fraction of sp³-hybridized carbons (Fsp3) is 0.176. The Labute approximate surface area is 120 Å². The van der Waals surface area contributed by atoms with Crippen LogP contribution in [0.5, 0.6) is 0 Å². The maximum Gasteiger partial charge on any atom is 0.0298 e. The molecule has 19 heavy (non-hydrogen) atoms. The highest BCUT2D eigenvalue weighted by Crippen LogP contribution is 2.28. The number of hydrogen-bond acceptors (Lipinski definition) is 1. The van der Waals surface area contributed by atoms with Crippen LogP contribution in [0.25, 0.3) is 5.57 Å². The number of halogens is 1. The fourth-order valence-electron chi connectivity index (χ4n) is 2.26. The number of benzene rings is 2. The number of hydrogen-bond donors (Lipinski definition) is 1. The van der Waals surface area contributed by atoms with Gasteiger partial charge in [-0.1, -0.05) is 54.6 Å². The first-order valence-corrected chi connectivity index (χ1v) is 6.77. The van der Waals surface area contributed by atoms with E-state index in [4.69, 9.17) is 11.8 Å². The predicted molar refractivity (Wildman–Crippen MR) is 83.3 cm³/mol. The van der Waals surface area contributed by atoms with E-state index in [2.05, 4.69) is 73.3 Å². The third-order valence-electron chi connectivity index (χ3n) is 3.25. The summed E-state index contributed by atoms with van der Waals surface area (Å²) in [6, 6.07) is 16.8. The summed E-state index contributed by atoms with van der Waals surface area (Å²) < 4.78 is 0. The lowest BCUT2D eigenvalue weighted by Gasteiger charge is -2.14. The average molecular weight is 272 g/mol. The molecule has 2 aromatic rings. The van der Waals surface area contributed by atoms with Gasteiger partial charge in [0.15, 0.2) is 0 Å². The zero-order chi connectivity index (χ0) is 13.7. The van der Waals surface area contributed by atoms with Crippen LogP contribution in [0.4, 0.5) is 0 Å². The Balaban J connectivity index is 2.55. The van der Waals surface area contributed by atoms with Gasteiger partial charge in [0.05, 0.1) is 0 Å². The summed E-state index contributed by atoms with van der Waals surface area (Å²) in [7, 11) is 0. The Morgan fingerprint density at radius 2 is 1.42 bits per heavy atom. The van der Waals surface area contributed by atoms with Gasteiger partial charge in [-0.05, 0) is 53.5 Å². The van der Waals surface area contributed by atoms with Crippen molar-refractivity contribution in [3.63, 3.8) is 0 Å². The molecule has 2 heteroatoms. The molecule has 0 spiro atoms. The van der Waals surface area contributed by atoms with Crippen LogP contribution in [0, 0.1) is 13.8 Å². The molecule has 98 valence electrons. The van der Waals surface area contributed by atoms with Gasteiger partial charge < -0.3 is 0 Å². The highest BCUT2D eigenvalue weighted by molar-refractivity contribution is 6.13. The normalized spacial score (nSPS) is 10.3. The van der Waals surface area contributed by atoms with Crippen LogP contribution in [-0.4, -0.2) is 6.54 Å². The van der Waals surface area contributed by atoms with Crippen molar-refractivity contribution in [2.24, 2.45) is 0 Å². The second-order valence-corrected chi connectivity index (χ2v) is 4.85. The topological polar surface area (TPSA) is 12.0 Å². The van der Waals surface area contributed by atoms with Crippen molar-refractivity contribution in [1.29, 1.82) is 0 Å². The Morgan fingerprint density at radius 3 is 1.84 bits per heavy atom. The second kappa shape index (κ2) is 6.55. The van der Waals surface area contributed by atoms with Crippen LogP contribution in [0.2, 0.25) is 0 Å². The lowest BCUT2D eigenvalue weighted by atomic mass is 9.91. The summed E-state index contributed by atoms with van der Waals surface area (Å²) in [5.41, 5.74) is 6.27. The first-order valence-electron chi connectivity index (χ1n) is 6.39. The first kappa shape index (κ1) is 13.9. The van der Waals surface area contributed by atoms with Gasteiger partial charge in [0.2, 0.25) is 0 Å². The fourth-order valence-corrected chi connectivity index (χ4v) is 2.33. The smallest absolute Gasteiger partial charge is 0.0298 e. The third-order valence-corrected chi connectivity index (χ3v) is 3.41. The minimum absolute atomic E-state index is 0.638. The standard InChI is InChI=1S/C17H18ClN/c1-13-7-3-5-9-15(13)17(11-12-19-18)16-10-6-4-8-14(16)2/h3-11,19H,12H2,1-2H3. The Kier molecular flexibility index (Phi) is 4.78. The molecule has 0 atom stereocenters. The van der Waals surface area contributed by atoms with Crippen molar-refractivity contribution < 1.29 is 0 Å². The molecular formula is C17H18ClN. The van der Waals surface area contributed by atoms with Crippen LogP contribution < -0.4 is 4.84 Å². The molecule has 0 unspecified atom stereocenters. The quantitative estimate of drug-likeness (QED) is 0.809. The van der Waals surface area contributed by atoms with Crippen LogP contribution in [0.15, 0.2) is 54.6 Å². The average Bonchev–Trinajstić information content (AvgIpc) is 2.42. The Hall–Kier alpha value is -1.57. The molecule has 0 aromatic heterocycles. The van der Waals surface area contributed by atoms with Gasteiger partial charge in [-0.2, -0.15) is 0 Å². The molecule has 0 aliphatic carbocycles. The van der Waals surface area contributed by atoms with Crippen LogP contribution >= 0.6 is 11.8 Å². The molecule has 0 aliphatic heterocycles. The molecule has 1 nitrogen and oxygen atoms in total. The maximum absolute atomic E-state index is 5.61. The minimum Gasteiger partial charge on any atom is -0.230 e. The molecule has 0 saturated heterocycles. The van der Waals surface area contributed by atoms with Crippen LogP contribution in [0.1, 0.15) is 22.3 Å². The zero-order valence-electron chi connectivity index (χ0n) is 11.3. The van der Waals surface area contributed by atoms with Gasteiger partial charge in [-0.25, -0.2) is 4.84 Å². The summed E-state index contributed by atoms with van der Waals surface area (Å²) in [6.07, 6.45) is 2.14. The molecular weight excluding hydrogens is 254 g/mol. The lowest BCUT2D eigenvalue weighted by Crippen LogP contribution is -2.01. The van der Waals surface area contributed by atoms with Crippen molar-refractivity contribution in [2.45, 2.75) is 13.8 Å². The van der Waals surface area contributed by atoms with Crippen LogP contribution in [-0.2, 0) is 0 Å². The number of nitrogens with one attached hydrogen (secondary N) is 1. The number of aryl methyl sites for hydroxylation is 2. The van der Waals surface area contributed by atoms with Gasteiger partial charge in [0, 0.05) is 6.54 Å². The van der Waals surface area contributed by atoms with Crippen molar-refractivity contribution >= 4 is 17.3 Å². The van der Waals surface area contributed by atoms with E-state index in [0.717, 1.165) is 0 Å². The van der Waals surface area contributed by atoms with Crippen molar-refractivity contribution in [2.75, 3.05) is 6.54 Å². The summed E-state index contributed by atoms with van der Waals surface area (Å²) in [5, 5.41) is 0. The van der Waals surface area contributed by atoms with Crippen molar-refractivity contribution in [1.82, 2.24) is 4.84 Å². The zero-order valence-corrected chi connectivity index (χ0v) is 12.0. The van der Waals surface area contributed by atoms with Crippen LogP contribution in [0.3, 0.4) is 0 Å². The van der Waals surface area contributed by atoms with Gasteiger partial charge >= 0.3 is 0 Å². The van der Waals surface area contributed by atoms with Gasteiger partial charge in [0.1, 0.15) is 0 Å². The first-order chi connectivity index (χ1) is 9.24.